The van der Waals surface area contributed by atoms with Crippen LogP contribution in [0.15, 0.2) is 114 Å². The summed E-state index contributed by atoms with van der Waals surface area (Å²) in [6.07, 6.45) is 15.1. The van der Waals surface area contributed by atoms with E-state index in [1.807, 2.05) is 60.8 Å². The standard InChI is InChI=1S/C32H30NO.C11H8N.Ir/c1-21-18-27-26-6-2-3-7-29(26)34-31(27)28(19-21)30-25-9-8-23(20-24(25)12-17-33-30)22-10-15-32(16-11-22)13-4-5-14-32;1-2-6-10(7-3-1)11-8-4-5-9-12-11;/h2-3,6-9,12,17-18,20,22H,4-5,10-11,13-16H2,1H3;1-6,8-9H;/q2*-1;. The van der Waals surface area contributed by atoms with Gasteiger partial charge in [-0.3, -0.25) is 0 Å². The van der Waals surface area contributed by atoms with E-state index in [2.05, 4.69) is 66.5 Å². The second-order valence-corrected chi connectivity index (χ2v) is 13.3. The summed E-state index contributed by atoms with van der Waals surface area (Å²) in [4.78, 5) is 9.06. The third kappa shape index (κ3) is 6.30. The minimum Gasteiger partial charge on any atom is -0.501 e. The predicted molar refractivity (Wildman–Crippen MR) is 189 cm³/mol. The van der Waals surface area contributed by atoms with E-state index < -0.39 is 0 Å². The zero-order chi connectivity index (χ0) is 30.9. The van der Waals surface area contributed by atoms with Crippen LogP contribution in [0.25, 0.3) is 55.2 Å². The molecule has 2 fully saturated rings. The zero-order valence-electron chi connectivity index (χ0n) is 26.8. The number of benzene rings is 4. The summed E-state index contributed by atoms with van der Waals surface area (Å²) in [5.74, 6) is 0.694. The van der Waals surface area contributed by atoms with Crippen LogP contribution in [0.4, 0.5) is 0 Å². The average Bonchev–Trinajstić information content (AvgIpc) is 3.73. The summed E-state index contributed by atoms with van der Waals surface area (Å²) in [5.41, 5.74) is 9.02. The molecular weight excluding hydrogens is 753 g/mol. The van der Waals surface area contributed by atoms with Crippen molar-refractivity contribution in [3.05, 3.63) is 133 Å². The van der Waals surface area contributed by atoms with Gasteiger partial charge in [-0.1, -0.05) is 79.2 Å². The number of nitrogens with zero attached hydrogens (tertiary/aromatic N) is 2. The third-order valence-corrected chi connectivity index (χ3v) is 10.4. The van der Waals surface area contributed by atoms with E-state index in [1.54, 1.807) is 6.20 Å². The maximum absolute atomic E-state index is 6.34. The van der Waals surface area contributed by atoms with Crippen molar-refractivity contribution in [2.45, 2.75) is 64.2 Å². The van der Waals surface area contributed by atoms with Gasteiger partial charge in [0, 0.05) is 37.9 Å². The first-order valence-electron chi connectivity index (χ1n) is 16.8. The van der Waals surface area contributed by atoms with Crippen LogP contribution in [0.3, 0.4) is 0 Å². The molecule has 3 nitrogen and oxygen atoms in total. The van der Waals surface area contributed by atoms with Crippen LogP contribution in [-0.2, 0) is 20.1 Å². The quantitative estimate of drug-likeness (QED) is 0.167. The van der Waals surface area contributed by atoms with Crippen LogP contribution in [0.2, 0.25) is 0 Å². The Morgan fingerprint density at radius 1 is 0.745 bits per heavy atom. The number of pyridine rings is 2. The van der Waals surface area contributed by atoms with Crippen molar-refractivity contribution in [3.8, 4) is 22.5 Å². The van der Waals surface area contributed by atoms with Gasteiger partial charge in [-0.15, -0.1) is 53.6 Å². The molecule has 3 heterocycles. The van der Waals surface area contributed by atoms with Crippen LogP contribution in [0.1, 0.15) is 68.4 Å². The molecule has 0 aliphatic heterocycles. The fraction of sp³-hybridized carbons (Fsp3) is 0.256. The van der Waals surface area contributed by atoms with Gasteiger partial charge in [0.2, 0.25) is 0 Å². The van der Waals surface area contributed by atoms with Crippen molar-refractivity contribution in [1.82, 2.24) is 9.97 Å². The van der Waals surface area contributed by atoms with Gasteiger partial charge in [0.15, 0.2) is 0 Å². The van der Waals surface area contributed by atoms with Crippen molar-refractivity contribution in [3.63, 3.8) is 0 Å². The molecule has 3 aromatic heterocycles. The van der Waals surface area contributed by atoms with Gasteiger partial charge >= 0.3 is 0 Å². The first kappa shape index (κ1) is 31.5. The van der Waals surface area contributed by atoms with E-state index in [-0.39, 0.29) is 20.1 Å². The molecule has 0 saturated heterocycles. The predicted octanol–water partition coefficient (Wildman–Crippen LogP) is 11.7. The van der Waals surface area contributed by atoms with E-state index in [1.165, 1.54) is 67.7 Å². The van der Waals surface area contributed by atoms with Crippen LogP contribution >= 0.6 is 0 Å². The summed E-state index contributed by atoms with van der Waals surface area (Å²) >= 11 is 0. The summed E-state index contributed by atoms with van der Waals surface area (Å²) in [5, 5.41) is 4.73. The van der Waals surface area contributed by atoms with E-state index in [9.17, 15) is 0 Å². The molecule has 9 rings (SSSR count). The Bertz CT molecular complexity index is 2080. The fourth-order valence-corrected chi connectivity index (χ4v) is 7.98. The molecule has 237 valence electrons. The van der Waals surface area contributed by atoms with Gasteiger partial charge in [0.05, 0.1) is 5.58 Å². The van der Waals surface area contributed by atoms with Crippen LogP contribution in [-0.4, -0.2) is 9.97 Å². The second-order valence-electron chi connectivity index (χ2n) is 13.3. The molecule has 2 aliphatic carbocycles. The molecule has 7 aromatic rings. The Labute approximate surface area is 290 Å². The van der Waals surface area contributed by atoms with E-state index >= 15 is 0 Å². The van der Waals surface area contributed by atoms with E-state index in [0.29, 0.717) is 11.3 Å². The first-order chi connectivity index (χ1) is 22.7. The largest absolute Gasteiger partial charge is 0.501 e. The van der Waals surface area contributed by atoms with E-state index in [0.717, 1.165) is 50.0 Å². The van der Waals surface area contributed by atoms with Gasteiger partial charge < -0.3 is 14.4 Å². The molecule has 0 bridgehead atoms. The Hall–Kier alpha value is -4.11. The summed E-state index contributed by atoms with van der Waals surface area (Å²) in [6.45, 7) is 2.11. The molecule has 4 heteroatoms. The van der Waals surface area contributed by atoms with Crippen molar-refractivity contribution < 1.29 is 24.5 Å². The number of hydrogen-bond acceptors (Lipinski definition) is 3. The Morgan fingerprint density at radius 3 is 2.34 bits per heavy atom. The number of furan rings is 1. The van der Waals surface area contributed by atoms with Crippen molar-refractivity contribution in [1.29, 1.82) is 0 Å². The van der Waals surface area contributed by atoms with Crippen molar-refractivity contribution in [2.24, 2.45) is 5.41 Å². The van der Waals surface area contributed by atoms with Crippen LogP contribution in [0.5, 0.6) is 0 Å². The smallest absolute Gasteiger partial charge is 0.120 e. The van der Waals surface area contributed by atoms with Crippen molar-refractivity contribution in [2.75, 3.05) is 0 Å². The van der Waals surface area contributed by atoms with E-state index in [4.69, 9.17) is 9.40 Å². The van der Waals surface area contributed by atoms with Crippen molar-refractivity contribution >= 4 is 32.7 Å². The Morgan fingerprint density at radius 2 is 1.55 bits per heavy atom. The normalized spacial score (nSPS) is 15.9. The fourth-order valence-electron chi connectivity index (χ4n) is 7.98. The maximum atomic E-state index is 6.34. The molecule has 2 aliphatic rings. The molecule has 2 saturated carbocycles. The van der Waals surface area contributed by atoms with Gasteiger partial charge in [0.1, 0.15) is 5.58 Å². The minimum atomic E-state index is 0. The molecule has 1 spiro atoms. The van der Waals surface area contributed by atoms with Gasteiger partial charge in [0.25, 0.3) is 0 Å². The number of para-hydroxylation sites is 1. The number of fused-ring (bicyclic) bond motifs is 4. The molecular formula is C43H38IrN2O-2. The molecule has 1 radical (unpaired) electrons. The number of aryl methyl sites for hydroxylation is 1. The molecule has 47 heavy (non-hydrogen) atoms. The van der Waals surface area contributed by atoms with Gasteiger partial charge in [-0.05, 0) is 95.8 Å². The molecule has 0 atom stereocenters. The van der Waals surface area contributed by atoms with Crippen LogP contribution in [0, 0.1) is 24.5 Å². The maximum Gasteiger partial charge on any atom is 0.120 e. The molecule has 0 unspecified atom stereocenters. The molecule has 0 N–H and O–H groups in total. The monoisotopic (exact) mass is 791 g/mol. The molecule has 0 amide bonds. The number of aromatic nitrogens is 2. The number of hydrogen-bond donors (Lipinski definition) is 0. The Kier molecular flexibility index (Phi) is 9.08. The minimum absolute atomic E-state index is 0. The van der Waals surface area contributed by atoms with Gasteiger partial charge in [-0.25, -0.2) is 0 Å². The SMILES string of the molecule is Cc1[c-]c(-c2nccc3cc(C4CCC5(CCCC5)CC4)ccc23)c2oc3ccccc3c2c1.[Ir].[c-]1ccccc1-c1ccccn1. The summed E-state index contributed by atoms with van der Waals surface area (Å²) < 4.78 is 6.34. The Balaban J connectivity index is 0.000000228. The summed E-state index contributed by atoms with van der Waals surface area (Å²) in [6, 6.07) is 40.1. The topological polar surface area (TPSA) is 38.9 Å². The number of rotatable bonds is 3. The zero-order valence-corrected chi connectivity index (χ0v) is 29.2. The average molecular weight is 791 g/mol. The summed E-state index contributed by atoms with van der Waals surface area (Å²) in [7, 11) is 0. The third-order valence-electron chi connectivity index (χ3n) is 10.4. The molecule has 4 aromatic carbocycles. The van der Waals surface area contributed by atoms with Gasteiger partial charge in [-0.2, -0.15) is 0 Å². The second kappa shape index (κ2) is 13.6. The first-order valence-corrected chi connectivity index (χ1v) is 16.8. The van der Waals surface area contributed by atoms with Crippen LogP contribution < -0.4 is 0 Å².